The fraction of sp³-hybridized carbons (Fsp3) is 0.280. The molecule has 0 spiro atoms. The Morgan fingerprint density at radius 2 is 1.77 bits per heavy atom. The standard InChI is InChI=1S/C24H23N3O3.CH4/c1-6-7-15-8-9-16(10-17(15)14-28-3)24-23-18-11-21(29-4)22(30-5)12-19(18)25-13-20(23)27(2)26-24;/h8-13H,14H2,1-5H3;1H4. The molecule has 160 valence electrons. The Kier molecular flexibility index (Phi) is 6.47. The number of fused-ring (bicyclic) bond motifs is 3. The number of aromatic nitrogens is 3. The van der Waals surface area contributed by atoms with Crippen LogP contribution in [0.2, 0.25) is 0 Å². The molecule has 0 N–H and O–H groups in total. The molecule has 0 aliphatic rings. The van der Waals surface area contributed by atoms with Crippen molar-refractivity contribution in [1.82, 2.24) is 14.8 Å². The van der Waals surface area contributed by atoms with Crippen LogP contribution >= 0.6 is 0 Å². The first-order valence-electron chi connectivity index (χ1n) is 9.53. The molecular weight excluding hydrogens is 390 g/mol. The lowest BCUT2D eigenvalue weighted by Gasteiger charge is -2.10. The van der Waals surface area contributed by atoms with Crippen LogP contribution in [0.5, 0.6) is 11.5 Å². The maximum Gasteiger partial charge on any atom is 0.162 e. The van der Waals surface area contributed by atoms with E-state index in [1.807, 2.05) is 49.1 Å². The molecule has 0 bridgehead atoms. The van der Waals surface area contributed by atoms with Gasteiger partial charge in [-0.25, -0.2) is 0 Å². The van der Waals surface area contributed by atoms with Gasteiger partial charge in [0.05, 0.1) is 38.1 Å². The minimum Gasteiger partial charge on any atom is -0.493 e. The van der Waals surface area contributed by atoms with E-state index in [0.29, 0.717) is 18.1 Å². The average Bonchev–Trinajstić information content (AvgIpc) is 3.11. The Labute approximate surface area is 182 Å². The predicted octanol–water partition coefficient (Wildman–Crippen LogP) is 4.96. The van der Waals surface area contributed by atoms with Crippen LogP contribution < -0.4 is 9.47 Å². The van der Waals surface area contributed by atoms with Gasteiger partial charge in [-0.3, -0.25) is 9.67 Å². The molecule has 0 amide bonds. The third kappa shape index (κ3) is 3.80. The highest BCUT2D eigenvalue weighted by molar-refractivity contribution is 6.11. The van der Waals surface area contributed by atoms with E-state index in [1.165, 1.54) is 0 Å². The zero-order valence-electron chi connectivity index (χ0n) is 17.7. The van der Waals surface area contributed by atoms with Crippen molar-refractivity contribution >= 4 is 21.8 Å². The van der Waals surface area contributed by atoms with Crippen LogP contribution in [0.25, 0.3) is 33.1 Å². The average molecular weight is 418 g/mol. The Morgan fingerprint density at radius 1 is 1.03 bits per heavy atom. The second-order valence-corrected chi connectivity index (χ2v) is 6.89. The SMILES string of the molecule is C.CC#Cc1ccc(-c2nn(C)c3cnc4cc(OC)c(OC)cc4c23)cc1COC. The van der Waals surface area contributed by atoms with Crippen molar-refractivity contribution in [3.05, 3.63) is 47.7 Å². The summed E-state index contributed by atoms with van der Waals surface area (Å²) < 4.78 is 18.2. The van der Waals surface area contributed by atoms with Gasteiger partial charge in [-0.1, -0.05) is 19.4 Å². The van der Waals surface area contributed by atoms with Gasteiger partial charge in [-0.15, -0.1) is 5.92 Å². The summed E-state index contributed by atoms with van der Waals surface area (Å²) in [6, 6.07) is 10.0. The lowest BCUT2D eigenvalue weighted by Crippen LogP contribution is -1.94. The van der Waals surface area contributed by atoms with Crippen LogP contribution in [-0.4, -0.2) is 36.1 Å². The van der Waals surface area contributed by atoms with Crippen LogP contribution in [0.15, 0.2) is 36.5 Å². The molecule has 0 radical (unpaired) electrons. The van der Waals surface area contributed by atoms with Crippen molar-refractivity contribution in [3.63, 3.8) is 0 Å². The number of nitrogens with zero attached hydrogens (tertiary/aromatic N) is 3. The monoisotopic (exact) mass is 417 g/mol. The third-order valence-electron chi connectivity index (χ3n) is 5.13. The van der Waals surface area contributed by atoms with Crippen molar-refractivity contribution < 1.29 is 14.2 Å². The van der Waals surface area contributed by atoms with E-state index < -0.39 is 0 Å². The van der Waals surface area contributed by atoms with Crippen molar-refractivity contribution in [2.75, 3.05) is 21.3 Å². The van der Waals surface area contributed by atoms with Crippen LogP contribution in [0.4, 0.5) is 0 Å². The Bertz CT molecular complexity index is 1310. The molecule has 0 saturated carbocycles. The molecule has 6 nitrogen and oxygen atoms in total. The summed E-state index contributed by atoms with van der Waals surface area (Å²) in [5, 5.41) is 6.79. The molecule has 2 aromatic heterocycles. The molecule has 0 fully saturated rings. The van der Waals surface area contributed by atoms with Gasteiger partial charge in [0, 0.05) is 42.1 Å². The second kappa shape index (κ2) is 9.07. The van der Waals surface area contributed by atoms with Gasteiger partial charge in [-0.05, 0) is 30.7 Å². The zero-order chi connectivity index (χ0) is 21.3. The Morgan fingerprint density at radius 3 is 2.45 bits per heavy atom. The molecule has 6 heteroatoms. The number of methoxy groups -OCH3 is 3. The molecule has 4 rings (SSSR count). The summed E-state index contributed by atoms with van der Waals surface area (Å²) in [5.41, 5.74) is 5.62. The smallest absolute Gasteiger partial charge is 0.162 e. The first kappa shape index (κ1) is 22.1. The van der Waals surface area contributed by atoms with E-state index in [9.17, 15) is 0 Å². The number of benzene rings is 2. The minimum atomic E-state index is 0. The molecule has 4 aromatic rings. The summed E-state index contributed by atoms with van der Waals surface area (Å²) in [6.45, 7) is 2.31. The first-order chi connectivity index (χ1) is 14.6. The van der Waals surface area contributed by atoms with Gasteiger partial charge >= 0.3 is 0 Å². The maximum absolute atomic E-state index is 5.53. The fourth-order valence-corrected chi connectivity index (χ4v) is 3.73. The van der Waals surface area contributed by atoms with E-state index >= 15 is 0 Å². The van der Waals surface area contributed by atoms with E-state index in [-0.39, 0.29) is 7.43 Å². The van der Waals surface area contributed by atoms with Crippen LogP contribution in [0.1, 0.15) is 25.5 Å². The highest BCUT2D eigenvalue weighted by Crippen LogP contribution is 2.38. The van der Waals surface area contributed by atoms with Crippen molar-refractivity contribution in [3.8, 4) is 34.6 Å². The van der Waals surface area contributed by atoms with E-state index in [2.05, 4.69) is 22.9 Å². The van der Waals surface area contributed by atoms with Crippen LogP contribution in [-0.2, 0) is 18.4 Å². The number of aryl methyl sites for hydroxylation is 1. The molecule has 0 unspecified atom stereocenters. The highest BCUT2D eigenvalue weighted by Gasteiger charge is 2.18. The highest BCUT2D eigenvalue weighted by atomic mass is 16.5. The quantitative estimate of drug-likeness (QED) is 0.430. The summed E-state index contributed by atoms with van der Waals surface area (Å²) in [5.74, 6) is 7.41. The molecule has 0 aliphatic heterocycles. The zero-order valence-corrected chi connectivity index (χ0v) is 17.7. The van der Waals surface area contributed by atoms with Gasteiger partial charge in [-0.2, -0.15) is 5.10 Å². The predicted molar refractivity (Wildman–Crippen MR) is 125 cm³/mol. The molecule has 0 saturated heterocycles. The Balaban J connectivity index is 0.00000272. The van der Waals surface area contributed by atoms with Gasteiger partial charge in [0.1, 0.15) is 5.69 Å². The summed E-state index contributed by atoms with van der Waals surface area (Å²) >= 11 is 0. The number of hydrogen-bond donors (Lipinski definition) is 0. The normalized spacial score (nSPS) is 10.5. The minimum absolute atomic E-state index is 0. The van der Waals surface area contributed by atoms with E-state index in [1.54, 1.807) is 21.3 Å². The van der Waals surface area contributed by atoms with Crippen molar-refractivity contribution in [1.29, 1.82) is 0 Å². The number of hydrogen-bond acceptors (Lipinski definition) is 5. The largest absolute Gasteiger partial charge is 0.493 e. The lowest BCUT2D eigenvalue weighted by molar-refractivity contribution is 0.184. The lowest BCUT2D eigenvalue weighted by atomic mass is 9.99. The molecule has 31 heavy (non-hydrogen) atoms. The molecule has 0 atom stereocenters. The summed E-state index contributed by atoms with van der Waals surface area (Å²) in [6.07, 6.45) is 1.84. The number of pyridine rings is 1. The van der Waals surface area contributed by atoms with E-state index in [4.69, 9.17) is 19.3 Å². The molecule has 2 aromatic carbocycles. The number of ether oxygens (including phenoxy) is 3. The molecule has 0 aliphatic carbocycles. The van der Waals surface area contributed by atoms with Crippen molar-refractivity contribution in [2.24, 2.45) is 7.05 Å². The summed E-state index contributed by atoms with van der Waals surface area (Å²) in [4.78, 5) is 4.61. The van der Waals surface area contributed by atoms with Gasteiger partial charge in [0.2, 0.25) is 0 Å². The Hall–Kier alpha value is -3.56. The van der Waals surface area contributed by atoms with Crippen molar-refractivity contribution in [2.45, 2.75) is 21.0 Å². The number of rotatable bonds is 5. The van der Waals surface area contributed by atoms with E-state index in [0.717, 1.165) is 44.2 Å². The topological polar surface area (TPSA) is 58.4 Å². The van der Waals surface area contributed by atoms with Crippen LogP contribution in [0.3, 0.4) is 0 Å². The second-order valence-electron chi connectivity index (χ2n) is 6.89. The third-order valence-corrected chi connectivity index (χ3v) is 5.13. The van der Waals surface area contributed by atoms with Crippen LogP contribution in [0, 0.1) is 11.8 Å². The summed E-state index contributed by atoms with van der Waals surface area (Å²) in [7, 11) is 6.86. The fourth-order valence-electron chi connectivity index (χ4n) is 3.73. The van der Waals surface area contributed by atoms with Gasteiger partial charge in [0.15, 0.2) is 11.5 Å². The maximum atomic E-state index is 5.53. The first-order valence-corrected chi connectivity index (χ1v) is 9.53. The molecular formula is C25H27N3O3. The molecule has 2 heterocycles. The van der Waals surface area contributed by atoms with Gasteiger partial charge < -0.3 is 14.2 Å². The van der Waals surface area contributed by atoms with Gasteiger partial charge in [0.25, 0.3) is 0 Å².